The van der Waals surface area contributed by atoms with E-state index in [0.717, 1.165) is 10.5 Å². The molecule has 0 aliphatic carbocycles. The Hall–Kier alpha value is -1.74. The van der Waals surface area contributed by atoms with Gasteiger partial charge in [-0.1, -0.05) is 48.2 Å². The van der Waals surface area contributed by atoms with Gasteiger partial charge in [0.25, 0.3) is 5.91 Å². The summed E-state index contributed by atoms with van der Waals surface area (Å²) in [4.78, 5) is 12.2. The van der Waals surface area contributed by atoms with Gasteiger partial charge >= 0.3 is 0 Å². The van der Waals surface area contributed by atoms with Gasteiger partial charge < -0.3 is 5.32 Å². The van der Waals surface area contributed by atoms with E-state index in [9.17, 15) is 4.79 Å². The van der Waals surface area contributed by atoms with Crippen LogP contribution in [-0.2, 0) is 4.79 Å². The van der Waals surface area contributed by atoms with Crippen molar-refractivity contribution in [3.05, 3.63) is 52.9 Å². The highest BCUT2D eigenvalue weighted by Gasteiger charge is 2.16. The fraction of sp³-hybridized carbons (Fsp3) is 0.0714. The average Bonchev–Trinajstić information content (AvgIpc) is 2.75. The lowest BCUT2D eigenvalue weighted by atomic mass is 10.1. The van der Waals surface area contributed by atoms with Crippen LogP contribution in [0.1, 0.15) is 5.56 Å². The van der Waals surface area contributed by atoms with E-state index in [2.05, 4.69) is 29.6 Å². The fourth-order valence-corrected chi connectivity index (χ4v) is 2.67. The lowest BCUT2D eigenvalue weighted by Crippen LogP contribution is -2.13. The van der Waals surface area contributed by atoms with Crippen LogP contribution in [-0.4, -0.2) is 11.8 Å². The molecule has 0 atom stereocenters. The third-order valence-electron chi connectivity index (χ3n) is 2.76. The molecule has 1 fully saturated rings. The summed E-state index contributed by atoms with van der Waals surface area (Å²) in [5, 5.41) is 5.20. The van der Waals surface area contributed by atoms with Gasteiger partial charge in [-0.15, -0.1) is 0 Å². The van der Waals surface area contributed by atoms with E-state index < -0.39 is 0 Å². The van der Waals surface area contributed by atoms with Crippen molar-refractivity contribution in [3.63, 3.8) is 0 Å². The zero-order valence-electron chi connectivity index (χ0n) is 9.14. The summed E-state index contributed by atoms with van der Waals surface area (Å²) in [6.45, 7) is 0. The van der Waals surface area contributed by atoms with E-state index in [0.29, 0.717) is 5.88 Å². The van der Waals surface area contributed by atoms with Crippen LogP contribution in [0.2, 0.25) is 0 Å². The molecular weight excluding hydrogens is 230 g/mol. The van der Waals surface area contributed by atoms with Crippen LogP contribution in [0.5, 0.6) is 0 Å². The summed E-state index contributed by atoms with van der Waals surface area (Å²) >= 11 is 1.55. The number of amides is 1. The van der Waals surface area contributed by atoms with Gasteiger partial charge in [0, 0.05) is 0 Å². The highest BCUT2D eigenvalue weighted by Crippen LogP contribution is 2.24. The molecule has 17 heavy (non-hydrogen) atoms. The number of carbonyl (C=O) groups excluding carboxylic acids is 1. The van der Waals surface area contributed by atoms with Gasteiger partial charge in [0.15, 0.2) is 0 Å². The number of nitrogens with one attached hydrogen (secondary N) is 1. The van der Waals surface area contributed by atoms with Crippen LogP contribution in [0.3, 0.4) is 0 Å². The summed E-state index contributed by atoms with van der Waals surface area (Å²) in [6, 6.07) is 14.5. The number of rotatable bonds is 1. The molecule has 1 saturated heterocycles. The van der Waals surface area contributed by atoms with Crippen LogP contribution in [0.25, 0.3) is 16.8 Å². The van der Waals surface area contributed by atoms with E-state index in [4.69, 9.17) is 0 Å². The van der Waals surface area contributed by atoms with E-state index in [1.165, 1.54) is 10.8 Å². The van der Waals surface area contributed by atoms with E-state index in [1.807, 2.05) is 24.3 Å². The first-order valence-corrected chi connectivity index (χ1v) is 6.43. The van der Waals surface area contributed by atoms with E-state index in [1.54, 1.807) is 11.8 Å². The van der Waals surface area contributed by atoms with E-state index in [-0.39, 0.29) is 5.91 Å². The van der Waals surface area contributed by atoms with Crippen molar-refractivity contribution in [1.29, 1.82) is 0 Å². The van der Waals surface area contributed by atoms with Gasteiger partial charge in [-0.25, -0.2) is 0 Å². The van der Waals surface area contributed by atoms with Crippen LogP contribution in [0.15, 0.2) is 47.4 Å². The molecular formula is C14H11NOS. The summed E-state index contributed by atoms with van der Waals surface area (Å²) < 4.78 is 0. The molecule has 0 saturated carbocycles. The summed E-state index contributed by atoms with van der Waals surface area (Å²) in [7, 11) is 0. The van der Waals surface area contributed by atoms with Crippen molar-refractivity contribution in [2.75, 3.05) is 5.88 Å². The zero-order chi connectivity index (χ0) is 11.7. The summed E-state index contributed by atoms with van der Waals surface area (Å²) in [5.41, 5.74) is 1.07. The minimum atomic E-state index is 0.0307. The Labute approximate surface area is 104 Å². The third kappa shape index (κ3) is 2.06. The first kappa shape index (κ1) is 10.4. The second-order valence-electron chi connectivity index (χ2n) is 3.91. The number of thioether (sulfide) groups is 1. The van der Waals surface area contributed by atoms with Crippen molar-refractivity contribution in [2.24, 2.45) is 0 Å². The molecule has 0 spiro atoms. The molecule has 1 aliphatic heterocycles. The maximum atomic E-state index is 11.4. The molecule has 0 radical (unpaired) electrons. The van der Waals surface area contributed by atoms with E-state index >= 15 is 0 Å². The van der Waals surface area contributed by atoms with Crippen molar-refractivity contribution < 1.29 is 4.79 Å². The Morgan fingerprint density at radius 3 is 2.71 bits per heavy atom. The Balaban J connectivity index is 2.04. The number of benzene rings is 2. The maximum absolute atomic E-state index is 11.4. The molecule has 1 amide bonds. The van der Waals surface area contributed by atoms with Gasteiger partial charge in [0.05, 0.1) is 10.8 Å². The molecule has 1 aliphatic rings. The van der Waals surface area contributed by atoms with Crippen molar-refractivity contribution in [2.45, 2.75) is 0 Å². The molecule has 0 unspecified atom stereocenters. The molecule has 3 heteroatoms. The highest BCUT2D eigenvalue weighted by atomic mass is 32.2. The molecule has 84 valence electrons. The van der Waals surface area contributed by atoms with Gasteiger partial charge in [-0.2, -0.15) is 0 Å². The molecule has 2 aromatic rings. The average molecular weight is 241 g/mol. The van der Waals surface area contributed by atoms with Crippen molar-refractivity contribution >= 4 is 34.5 Å². The van der Waals surface area contributed by atoms with Gasteiger partial charge in [0.1, 0.15) is 0 Å². The summed E-state index contributed by atoms with van der Waals surface area (Å²) in [5.74, 6) is 0.710. The van der Waals surface area contributed by atoms with Crippen LogP contribution >= 0.6 is 11.8 Å². The third-order valence-corrected chi connectivity index (χ3v) is 3.66. The predicted octanol–water partition coefficient (Wildman–Crippen LogP) is 3.00. The first-order valence-electron chi connectivity index (χ1n) is 5.44. The standard InChI is InChI=1S/C14H11NOS/c16-14-13(17-9-15-14)8-10-5-6-11-3-1-2-4-12(11)7-10/h1-8H,9H2,(H,15,16)/b13-8-. The normalized spacial score (nSPS) is 17.6. The second-order valence-corrected chi connectivity index (χ2v) is 4.93. The van der Waals surface area contributed by atoms with Gasteiger partial charge in [0.2, 0.25) is 0 Å². The molecule has 0 bridgehead atoms. The monoisotopic (exact) mass is 241 g/mol. The lowest BCUT2D eigenvalue weighted by Gasteiger charge is -2.00. The Bertz CT molecular complexity index is 618. The minimum absolute atomic E-state index is 0.0307. The number of hydrogen-bond donors (Lipinski definition) is 1. The molecule has 2 aromatic carbocycles. The quantitative estimate of drug-likeness (QED) is 0.778. The van der Waals surface area contributed by atoms with Crippen molar-refractivity contribution in [3.8, 4) is 0 Å². The topological polar surface area (TPSA) is 29.1 Å². The summed E-state index contributed by atoms with van der Waals surface area (Å²) in [6.07, 6.45) is 1.94. The molecule has 2 nitrogen and oxygen atoms in total. The predicted molar refractivity (Wildman–Crippen MR) is 72.5 cm³/mol. The number of carbonyl (C=O) groups is 1. The van der Waals surface area contributed by atoms with Gasteiger partial charge in [-0.3, -0.25) is 4.79 Å². The number of fused-ring (bicyclic) bond motifs is 1. The lowest BCUT2D eigenvalue weighted by molar-refractivity contribution is -0.116. The van der Waals surface area contributed by atoms with Gasteiger partial charge in [-0.05, 0) is 28.5 Å². The first-order chi connectivity index (χ1) is 8.33. The fourth-order valence-electron chi connectivity index (χ4n) is 1.89. The Kier molecular flexibility index (Phi) is 2.61. The Morgan fingerprint density at radius 1 is 1.12 bits per heavy atom. The van der Waals surface area contributed by atoms with Crippen molar-refractivity contribution in [1.82, 2.24) is 5.32 Å². The molecule has 1 heterocycles. The Morgan fingerprint density at radius 2 is 1.94 bits per heavy atom. The molecule has 3 rings (SSSR count). The minimum Gasteiger partial charge on any atom is -0.342 e. The van der Waals surface area contributed by atoms with Crippen LogP contribution < -0.4 is 5.32 Å². The highest BCUT2D eigenvalue weighted by molar-refractivity contribution is 8.04. The largest absolute Gasteiger partial charge is 0.342 e. The maximum Gasteiger partial charge on any atom is 0.258 e. The zero-order valence-corrected chi connectivity index (χ0v) is 9.96. The molecule has 0 aromatic heterocycles. The molecule has 1 N–H and O–H groups in total. The van der Waals surface area contributed by atoms with Crippen LogP contribution in [0.4, 0.5) is 0 Å². The SMILES string of the molecule is O=C1NCS/C1=C\c1ccc2ccccc2c1. The second kappa shape index (κ2) is 4.26. The smallest absolute Gasteiger partial charge is 0.258 e. The number of hydrogen-bond acceptors (Lipinski definition) is 2. The van der Waals surface area contributed by atoms with Crippen LogP contribution in [0, 0.1) is 0 Å².